The Balaban J connectivity index is 2.64. The molecule has 0 fully saturated rings. The lowest BCUT2D eigenvalue weighted by atomic mass is 10.1. The Hall–Kier alpha value is -1.25. The summed E-state index contributed by atoms with van der Waals surface area (Å²) in [6.07, 6.45) is 4.83. The molecule has 1 aromatic heterocycles. The molecule has 0 aliphatic heterocycles. The minimum Gasteiger partial charge on any atom is -0.366 e. The maximum absolute atomic E-state index is 7.25. The van der Waals surface area contributed by atoms with Crippen LogP contribution in [0.5, 0.6) is 0 Å². The van der Waals surface area contributed by atoms with Gasteiger partial charge in [0, 0.05) is 35.3 Å². The molecule has 0 saturated carbocycles. The summed E-state index contributed by atoms with van der Waals surface area (Å²) in [6.45, 7) is 0. The molecule has 1 aromatic carbocycles. The third kappa shape index (κ3) is 1.78. The number of aromatic amines is 1. The molecule has 76 valence electrons. The lowest BCUT2D eigenvalue weighted by molar-refractivity contribution is 1.41. The molecular formula is C11H8Cl2N2. The lowest BCUT2D eigenvalue weighted by Gasteiger charge is -2.04. The molecule has 0 amide bonds. The van der Waals surface area contributed by atoms with Crippen LogP contribution in [0.3, 0.4) is 0 Å². The van der Waals surface area contributed by atoms with E-state index in [9.17, 15) is 0 Å². The SMILES string of the molecule is N=Cc1c[nH]cc1-c1cccc(Cl)c1Cl. The van der Waals surface area contributed by atoms with Crippen LogP contribution in [-0.2, 0) is 0 Å². The highest BCUT2D eigenvalue weighted by molar-refractivity contribution is 6.43. The highest BCUT2D eigenvalue weighted by atomic mass is 35.5. The van der Waals surface area contributed by atoms with Crippen LogP contribution in [0.15, 0.2) is 30.6 Å². The quantitative estimate of drug-likeness (QED) is 0.744. The van der Waals surface area contributed by atoms with E-state index in [-0.39, 0.29) is 0 Å². The van der Waals surface area contributed by atoms with E-state index in [4.69, 9.17) is 28.6 Å². The van der Waals surface area contributed by atoms with Crippen molar-refractivity contribution in [1.82, 2.24) is 4.98 Å². The number of hydrogen-bond donors (Lipinski definition) is 2. The molecule has 0 aliphatic rings. The summed E-state index contributed by atoms with van der Waals surface area (Å²) in [5, 5.41) is 8.29. The Kier molecular flexibility index (Phi) is 2.80. The zero-order valence-corrected chi connectivity index (χ0v) is 9.23. The molecule has 0 radical (unpaired) electrons. The number of halogens is 2. The van der Waals surface area contributed by atoms with E-state index in [0.717, 1.165) is 16.7 Å². The smallest absolute Gasteiger partial charge is 0.0671 e. The van der Waals surface area contributed by atoms with Crippen molar-refractivity contribution >= 4 is 29.4 Å². The number of H-pyrrole nitrogens is 1. The van der Waals surface area contributed by atoms with E-state index < -0.39 is 0 Å². The first-order chi connectivity index (χ1) is 7.24. The molecule has 2 rings (SSSR count). The molecule has 0 atom stereocenters. The Bertz CT molecular complexity index is 503. The molecular weight excluding hydrogens is 231 g/mol. The van der Waals surface area contributed by atoms with Crippen LogP contribution in [0, 0.1) is 5.41 Å². The number of nitrogens with one attached hydrogen (secondary N) is 2. The Morgan fingerprint density at radius 2 is 1.93 bits per heavy atom. The molecule has 2 N–H and O–H groups in total. The van der Waals surface area contributed by atoms with Crippen LogP contribution in [0.2, 0.25) is 10.0 Å². The van der Waals surface area contributed by atoms with E-state index in [0.29, 0.717) is 10.0 Å². The zero-order chi connectivity index (χ0) is 10.8. The van der Waals surface area contributed by atoms with E-state index in [1.165, 1.54) is 6.21 Å². The molecule has 0 spiro atoms. The Labute approximate surface area is 97.4 Å². The summed E-state index contributed by atoms with van der Waals surface area (Å²) >= 11 is 12.0. The fraction of sp³-hybridized carbons (Fsp3) is 0. The molecule has 0 bridgehead atoms. The summed E-state index contributed by atoms with van der Waals surface area (Å²) < 4.78 is 0. The van der Waals surface area contributed by atoms with E-state index >= 15 is 0 Å². The molecule has 2 nitrogen and oxygen atoms in total. The maximum Gasteiger partial charge on any atom is 0.0671 e. The van der Waals surface area contributed by atoms with Crippen molar-refractivity contribution in [3.05, 3.63) is 46.2 Å². The largest absolute Gasteiger partial charge is 0.366 e. The van der Waals surface area contributed by atoms with Gasteiger partial charge in [0.1, 0.15) is 0 Å². The van der Waals surface area contributed by atoms with Gasteiger partial charge in [-0.3, -0.25) is 0 Å². The number of hydrogen-bond acceptors (Lipinski definition) is 1. The second-order valence-electron chi connectivity index (χ2n) is 3.07. The van der Waals surface area contributed by atoms with Crippen LogP contribution in [0.25, 0.3) is 11.1 Å². The predicted octanol–water partition coefficient (Wildman–Crippen LogP) is 3.99. The van der Waals surface area contributed by atoms with Crippen LogP contribution < -0.4 is 0 Å². The van der Waals surface area contributed by atoms with Gasteiger partial charge in [-0.2, -0.15) is 0 Å². The molecule has 2 aromatic rings. The van der Waals surface area contributed by atoms with Gasteiger partial charge in [-0.1, -0.05) is 35.3 Å². The summed E-state index contributed by atoms with van der Waals surface area (Å²) in [7, 11) is 0. The zero-order valence-electron chi connectivity index (χ0n) is 7.72. The molecule has 0 aliphatic carbocycles. The van der Waals surface area contributed by atoms with Crippen molar-refractivity contribution < 1.29 is 0 Å². The van der Waals surface area contributed by atoms with E-state index in [1.54, 1.807) is 18.5 Å². The van der Waals surface area contributed by atoms with Gasteiger partial charge >= 0.3 is 0 Å². The topological polar surface area (TPSA) is 39.6 Å². The van der Waals surface area contributed by atoms with Gasteiger partial charge in [-0.05, 0) is 6.07 Å². The monoisotopic (exact) mass is 238 g/mol. The van der Waals surface area contributed by atoms with Gasteiger partial charge in [0.15, 0.2) is 0 Å². The Morgan fingerprint density at radius 1 is 1.13 bits per heavy atom. The van der Waals surface area contributed by atoms with Crippen molar-refractivity contribution in [2.24, 2.45) is 0 Å². The second-order valence-corrected chi connectivity index (χ2v) is 3.86. The van der Waals surface area contributed by atoms with Crippen LogP contribution in [0.4, 0.5) is 0 Å². The van der Waals surface area contributed by atoms with E-state index in [1.807, 2.05) is 12.1 Å². The Morgan fingerprint density at radius 3 is 2.67 bits per heavy atom. The highest BCUT2D eigenvalue weighted by Gasteiger charge is 2.10. The van der Waals surface area contributed by atoms with Crippen LogP contribution in [0.1, 0.15) is 5.56 Å². The third-order valence-corrected chi connectivity index (χ3v) is 2.99. The molecule has 1 heterocycles. The summed E-state index contributed by atoms with van der Waals surface area (Å²) in [4.78, 5) is 2.94. The first-order valence-corrected chi connectivity index (χ1v) is 5.11. The number of benzene rings is 1. The number of rotatable bonds is 2. The van der Waals surface area contributed by atoms with Crippen LogP contribution in [-0.4, -0.2) is 11.2 Å². The van der Waals surface area contributed by atoms with Crippen molar-refractivity contribution in [2.75, 3.05) is 0 Å². The van der Waals surface area contributed by atoms with E-state index in [2.05, 4.69) is 4.98 Å². The molecule has 4 heteroatoms. The fourth-order valence-corrected chi connectivity index (χ4v) is 1.84. The first-order valence-electron chi connectivity index (χ1n) is 4.35. The van der Waals surface area contributed by atoms with Gasteiger partial charge in [0.2, 0.25) is 0 Å². The average molecular weight is 239 g/mol. The predicted molar refractivity (Wildman–Crippen MR) is 64.1 cm³/mol. The van der Waals surface area contributed by atoms with Crippen molar-refractivity contribution in [3.63, 3.8) is 0 Å². The third-order valence-electron chi connectivity index (χ3n) is 2.17. The summed E-state index contributed by atoms with van der Waals surface area (Å²) in [5.74, 6) is 0. The van der Waals surface area contributed by atoms with Gasteiger partial charge < -0.3 is 10.4 Å². The van der Waals surface area contributed by atoms with Gasteiger partial charge in [-0.15, -0.1) is 0 Å². The highest BCUT2D eigenvalue weighted by Crippen LogP contribution is 2.34. The summed E-state index contributed by atoms with van der Waals surface area (Å²) in [6, 6.07) is 5.46. The lowest BCUT2D eigenvalue weighted by Crippen LogP contribution is -1.83. The number of aromatic nitrogens is 1. The summed E-state index contributed by atoms with van der Waals surface area (Å²) in [5.41, 5.74) is 2.51. The maximum atomic E-state index is 7.25. The fourth-order valence-electron chi connectivity index (χ4n) is 1.44. The molecule has 15 heavy (non-hydrogen) atoms. The van der Waals surface area contributed by atoms with Gasteiger partial charge in [0.05, 0.1) is 10.0 Å². The van der Waals surface area contributed by atoms with Crippen molar-refractivity contribution in [1.29, 1.82) is 5.41 Å². The normalized spacial score (nSPS) is 10.3. The standard InChI is InChI=1S/C11H8Cl2N2/c12-10-3-1-2-8(11(10)13)9-6-15-5-7(9)4-14/h1-6,14-15H. The molecule has 0 saturated heterocycles. The first kappa shape index (κ1) is 10.3. The van der Waals surface area contributed by atoms with Crippen molar-refractivity contribution in [2.45, 2.75) is 0 Å². The van der Waals surface area contributed by atoms with Gasteiger partial charge in [0.25, 0.3) is 0 Å². The van der Waals surface area contributed by atoms with Gasteiger partial charge in [-0.25, -0.2) is 0 Å². The minimum absolute atomic E-state index is 0.516. The molecule has 0 unspecified atom stereocenters. The van der Waals surface area contributed by atoms with Crippen molar-refractivity contribution in [3.8, 4) is 11.1 Å². The van der Waals surface area contributed by atoms with Crippen LogP contribution >= 0.6 is 23.2 Å². The average Bonchev–Trinajstić information content (AvgIpc) is 2.70. The second kappa shape index (κ2) is 4.09. The minimum atomic E-state index is 0.516.